The van der Waals surface area contributed by atoms with E-state index in [2.05, 4.69) is 29.6 Å². The number of ether oxygens (including phenoxy) is 1. The fraction of sp³-hybridized carbons (Fsp3) is 0.323. The molecule has 7 heteroatoms. The van der Waals surface area contributed by atoms with E-state index in [1.165, 1.54) is 4.90 Å². The fourth-order valence-corrected chi connectivity index (χ4v) is 7.10. The highest BCUT2D eigenvalue weighted by Gasteiger charge is 2.62. The molecule has 0 radical (unpaired) electrons. The van der Waals surface area contributed by atoms with Crippen LogP contribution in [0.3, 0.4) is 0 Å². The molecule has 0 saturated carbocycles. The van der Waals surface area contributed by atoms with E-state index >= 15 is 0 Å². The third-order valence-corrected chi connectivity index (χ3v) is 8.77. The predicted molar refractivity (Wildman–Crippen MR) is 148 cm³/mol. The van der Waals surface area contributed by atoms with E-state index in [0.717, 1.165) is 22.3 Å². The van der Waals surface area contributed by atoms with Gasteiger partial charge in [0, 0.05) is 17.5 Å². The number of carbonyl (C=O) groups is 3. The van der Waals surface area contributed by atoms with Crippen molar-refractivity contribution in [1.29, 1.82) is 0 Å². The van der Waals surface area contributed by atoms with Gasteiger partial charge in [-0.05, 0) is 71.9 Å². The van der Waals surface area contributed by atoms with Crippen molar-refractivity contribution in [2.24, 2.45) is 11.8 Å². The Bertz CT molecular complexity index is 1290. The number of nitrogens with zero attached hydrogens (tertiary/aromatic N) is 1. The summed E-state index contributed by atoms with van der Waals surface area (Å²) in [6.45, 7) is 2.47. The second kappa shape index (κ2) is 9.95. The molecule has 38 heavy (non-hydrogen) atoms. The highest BCUT2D eigenvalue weighted by molar-refractivity contribution is 7.98. The lowest BCUT2D eigenvalue weighted by atomic mass is 9.55. The largest absolute Gasteiger partial charge is 0.494 e. The quantitative estimate of drug-likeness (QED) is 0.417. The molecule has 1 saturated heterocycles. The van der Waals surface area contributed by atoms with Gasteiger partial charge in [-0.15, -0.1) is 0 Å². The van der Waals surface area contributed by atoms with Gasteiger partial charge in [-0.2, -0.15) is 11.8 Å². The molecule has 3 aliphatic carbocycles. The first-order chi connectivity index (χ1) is 18.5. The molecule has 1 heterocycles. The van der Waals surface area contributed by atoms with Crippen molar-refractivity contribution in [3.8, 4) is 5.75 Å². The van der Waals surface area contributed by atoms with E-state index in [4.69, 9.17) is 4.74 Å². The maximum atomic E-state index is 14.1. The van der Waals surface area contributed by atoms with Crippen LogP contribution in [0, 0.1) is 11.8 Å². The van der Waals surface area contributed by atoms with Gasteiger partial charge in [0.25, 0.3) is 0 Å². The fourth-order valence-electron chi connectivity index (χ4n) is 6.64. The number of imide groups is 1. The summed E-state index contributed by atoms with van der Waals surface area (Å²) in [5.41, 5.74) is 5.10. The Kier molecular flexibility index (Phi) is 6.48. The number of amides is 3. The molecule has 0 unspecified atom stereocenters. The highest BCUT2D eigenvalue weighted by atomic mass is 32.2. The number of hydrogen-bond donors (Lipinski definition) is 1. The number of thioether (sulfide) groups is 1. The van der Waals surface area contributed by atoms with Gasteiger partial charge in [-0.3, -0.25) is 19.3 Å². The van der Waals surface area contributed by atoms with E-state index < -0.39 is 17.9 Å². The number of anilines is 1. The molecular formula is C31H30N2O4S. The Balaban J connectivity index is 1.35. The van der Waals surface area contributed by atoms with E-state index in [0.29, 0.717) is 30.2 Å². The summed E-state index contributed by atoms with van der Waals surface area (Å²) in [4.78, 5) is 43.2. The van der Waals surface area contributed by atoms with Gasteiger partial charge < -0.3 is 10.1 Å². The zero-order valence-electron chi connectivity index (χ0n) is 21.4. The first kappa shape index (κ1) is 24.7. The summed E-state index contributed by atoms with van der Waals surface area (Å²) in [6.07, 6.45) is 2.36. The minimum absolute atomic E-state index is 0.186. The van der Waals surface area contributed by atoms with Gasteiger partial charge in [-0.25, -0.2) is 0 Å². The molecule has 2 bridgehead atoms. The number of hydrogen-bond acceptors (Lipinski definition) is 5. The molecule has 1 fully saturated rings. The maximum absolute atomic E-state index is 14.1. The average Bonchev–Trinajstić information content (AvgIpc) is 3.20. The third kappa shape index (κ3) is 3.83. The molecule has 7 rings (SSSR count). The predicted octanol–water partition coefficient (Wildman–Crippen LogP) is 5.04. The monoisotopic (exact) mass is 526 g/mol. The van der Waals surface area contributed by atoms with Crippen molar-refractivity contribution in [1.82, 2.24) is 4.90 Å². The Morgan fingerprint density at radius 3 is 1.82 bits per heavy atom. The molecule has 3 aromatic carbocycles. The normalized spacial score (nSPS) is 23.5. The SMILES string of the molecule is CCOc1ccc(NC(=O)[C@@H](CCSC)N2C(=O)[C@@H]3C4c5ccccc5C(c5ccccc54)[C@@H]3C2=O)cc1. The second-order valence-electron chi connectivity index (χ2n) is 10.1. The van der Waals surface area contributed by atoms with Crippen LogP contribution in [0.25, 0.3) is 0 Å². The van der Waals surface area contributed by atoms with Crippen LogP contribution in [0.4, 0.5) is 5.69 Å². The van der Waals surface area contributed by atoms with Crippen molar-refractivity contribution < 1.29 is 19.1 Å². The minimum Gasteiger partial charge on any atom is -0.494 e. The average molecular weight is 527 g/mol. The molecule has 1 aliphatic heterocycles. The van der Waals surface area contributed by atoms with E-state index in [-0.39, 0.29) is 29.6 Å². The Hall–Kier alpha value is -3.58. The van der Waals surface area contributed by atoms with Crippen LogP contribution in [0.1, 0.15) is 47.4 Å². The van der Waals surface area contributed by atoms with Crippen LogP contribution in [-0.2, 0) is 14.4 Å². The molecule has 194 valence electrons. The lowest BCUT2D eigenvalue weighted by Gasteiger charge is -2.45. The molecular weight excluding hydrogens is 496 g/mol. The van der Waals surface area contributed by atoms with Crippen molar-refractivity contribution in [2.45, 2.75) is 31.2 Å². The van der Waals surface area contributed by atoms with Gasteiger partial charge in [0.2, 0.25) is 17.7 Å². The van der Waals surface area contributed by atoms with Gasteiger partial charge in [0.05, 0.1) is 18.4 Å². The molecule has 3 amide bonds. The maximum Gasteiger partial charge on any atom is 0.247 e. The Morgan fingerprint density at radius 2 is 1.37 bits per heavy atom. The number of likely N-dealkylation sites (tertiary alicyclic amines) is 1. The second-order valence-corrected chi connectivity index (χ2v) is 11.0. The standard InChI is InChI=1S/C31H30N2O4S/c1-3-37-19-14-12-18(13-15-19)32-29(34)24(16-17-38-2)33-30(35)27-25-20-8-4-5-9-21(20)26(28(27)31(33)36)23-11-7-6-10-22(23)25/h4-15,24-28H,3,16-17H2,1-2H3,(H,32,34)/t24-,25?,26?,27-,28+/m1/s1. The van der Waals surface area contributed by atoms with Crippen LogP contribution >= 0.6 is 11.8 Å². The van der Waals surface area contributed by atoms with Crippen molar-refractivity contribution in [2.75, 3.05) is 23.9 Å². The van der Waals surface area contributed by atoms with Gasteiger partial charge >= 0.3 is 0 Å². The minimum atomic E-state index is -0.870. The number of nitrogens with one attached hydrogen (secondary N) is 1. The van der Waals surface area contributed by atoms with E-state index in [9.17, 15) is 14.4 Å². The van der Waals surface area contributed by atoms with E-state index in [1.54, 1.807) is 36.0 Å². The van der Waals surface area contributed by atoms with Crippen LogP contribution < -0.4 is 10.1 Å². The Morgan fingerprint density at radius 1 is 0.868 bits per heavy atom. The van der Waals surface area contributed by atoms with Crippen LogP contribution in [-0.4, -0.2) is 47.3 Å². The van der Waals surface area contributed by atoms with Crippen molar-refractivity contribution >= 4 is 35.2 Å². The summed E-state index contributed by atoms with van der Waals surface area (Å²) in [5, 5.41) is 2.94. The number of rotatable bonds is 8. The van der Waals surface area contributed by atoms with E-state index in [1.807, 2.05) is 37.4 Å². The number of benzene rings is 3. The van der Waals surface area contributed by atoms with Crippen LogP contribution in [0.15, 0.2) is 72.8 Å². The lowest BCUT2D eigenvalue weighted by Crippen LogP contribution is -2.48. The summed E-state index contributed by atoms with van der Waals surface area (Å²) >= 11 is 1.60. The van der Waals surface area contributed by atoms with Crippen molar-refractivity contribution in [3.05, 3.63) is 95.1 Å². The first-order valence-corrected chi connectivity index (χ1v) is 14.5. The zero-order valence-corrected chi connectivity index (χ0v) is 22.2. The van der Waals surface area contributed by atoms with Crippen LogP contribution in [0.5, 0.6) is 5.75 Å². The topological polar surface area (TPSA) is 75.7 Å². The van der Waals surface area contributed by atoms with Crippen LogP contribution in [0.2, 0.25) is 0 Å². The van der Waals surface area contributed by atoms with Gasteiger partial charge in [-0.1, -0.05) is 48.5 Å². The molecule has 6 nitrogen and oxygen atoms in total. The first-order valence-electron chi connectivity index (χ1n) is 13.1. The lowest BCUT2D eigenvalue weighted by molar-refractivity contribution is -0.146. The Labute approximate surface area is 226 Å². The molecule has 3 atom stereocenters. The number of carbonyl (C=O) groups excluding carboxylic acids is 3. The molecule has 0 spiro atoms. The summed E-state index contributed by atoms with van der Waals surface area (Å²) in [5.74, 6) is -0.790. The highest BCUT2D eigenvalue weighted by Crippen LogP contribution is 2.61. The molecule has 4 aliphatic rings. The zero-order chi connectivity index (χ0) is 26.4. The summed E-state index contributed by atoms with van der Waals surface area (Å²) in [7, 11) is 0. The third-order valence-electron chi connectivity index (χ3n) is 8.13. The van der Waals surface area contributed by atoms with Gasteiger partial charge in [0.1, 0.15) is 11.8 Å². The smallest absolute Gasteiger partial charge is 0.247 e. The molecule has 1 N–H and O–H groups in total. The van der Waals surface area contributed by atoms with Crippen molar-refractivity contribution in [3.63, 3.8) is 0 Å². The summed E-state index contributed by atoms with van der Waals surface area (Å²) < 4.78 is 5.50. The summed E-state index contributed by atoms with van der Waals surface area (Å²) in [6, 6.07) is 22.6. The van der Waals surface area contributed by atoms with Gasteiger partial charge in [0.15, 0.2) is 0 Å². The molecule has 0 aromatic heterocycles. The molecule has 3 aromatic rings.